The molecule has 2 rings (SSSR count). The minimum Gasteiger partial charge on any atom is -0.133 e. The molecule has 0 saturated carbocycles. The van der Waals surface area contributed by atoms with Gasteiger partial charge in [0.25, 0.3) is 0 Å². The quantitative estimate of drug-likeness (QED) is 0.527. The lowest BCUT2D eigenvalue weighted by atomic mass is 10.0. The lowest BCUT2D eigenvalue weighted by Gasteiger charge is -2.13. The van der Waals surface area contributed by atoms with Crippen molar-refractivity contribution >= 4 is 54.8 Å². The van der Waals surface area contributed by atoms with Crippen LogP contribution in [0.4, 0.5) is 0 Å². The molecule has 0 N–H and O–H groups in total. The van der Waals surface area contributed by atoms with Gasteiger partial charge in [0.2, 0.25) is 0 Å². The zero-order valence-electron chi connectivity index (χ0n) is 9.43. The smallest absolute Gasteiger partial charge is 0.0704 e. The maximum Gasteiger partial charge on any atom is 0.0704 e. The Morgan fingerprint density at radius 3 is 2.41 bits per heavy atom. The second-order valence-electron chi connectivity index (χ2n) is 3.93. The molecule has 0 aliphatic rings. The van der Waals surface area contributed by atoms with E-state index in [1.54, 1.807) is 11.3 Å². The van der Waals surface area contributed by atoms with Crippen molar-refractivity contribution < 1.29 is 0 Å². The average Bonchev–Trinajstić information content (AvgIpc) is 2.57. The summed E-state index contributed by atoms with van der Waals surface area (Å²) in [7, 11) is 0. The summed E-state index contributed by atoms with van der Waals surface area (Å²) in [5.41, 5.74) is 3.79. The van der Waals surface area contributed by atoms with E-state index in [-0.39, 0.29) is 4.83 Å². The Morgan fingerprint density at radius 1 is 1.18 bits per heavy atom. The fraction of sp³-hybridized carbons (Fsp3) is 0.231. The van der Waals surface area contributed by atoms with Crippen molar-refractivity contribution in [3.05, 3.63) is 54.6 Å². The normalized spacial score (nSPS) is 12.8. The SMILES string of the molecule is Cc1cc(Cl)ccc1C(Br)c1cc(Br)sc1C. The summed E-state index contributed by atoms with van der Waals surface area (Å²) >= 11 is 15.1. The largest absolute Gasteiger partial charge is 0.133 e. The van der Waals surface area contributed by atoms with E-state index in [1.807, 2.05) is 12.1 Å². The Hall–Kier alpha value is 0.170. The van der Waals surface area contributed by atoms with Crippen LogP contribution in [0, 0.1) is 13.8 Å². The molecule has 0 saturated heterocycles. The van der Waals surface area contributed by atoms with Crippen molar-refractivity contribution in [3.63, 3.8) is 0 Å². The van der Waals surface area contributed by atoms with Crippen LogP contribution in [0.1, 0.15) is 26.4 Å². The Morgan fingerprint density at radius 2 is 1.88 bits per heavy atom. The standard InChI is InChI=1S/C13H11Br2ClS/c1-7-5-9(16)3-4-10(7)13(15)11-6-12(14)17-8(11)2/h3-6,13H,1-2H3. The van der Waals surface area contributed by atoms with Crippen molar-refractivity contribution in [1.82, 2.24) is 0 Å². The van der Waals surface area contributed by atoms with Gasteiger partial charge in [-0.1, -0.05) is 33.6 Å². The summed E-state index contributed by atoms with van der Waals surface area (Å²) in [5.74, 6) is 0. The summed E-state index contributed by atoms with van der Waals surface area (Å²) in [5, 5.41) is 0.786. The van der Waals surface area contributed by atoms with E-state index in [2.05, 4.69) is 57.8 Å². The molecule has 1 aromatic carbocycles. The van der Waals surface area contributed by atoms with Gasteiger partial charge in [0.05, 0.1) is 8.61 Å². The molecule has 0 spiro atoms. The van der Waals surface area contributed by atoms with Crippen LogP contribution in [0.5, 0.6) is 0 Å². The summed E-state index contributed by atoms with van der Waals surface area (Å²) in [6, 6.07) is 8.20. The van der Waals surface area contributed by atoms with Crippen molar-refractivity contribution in [3.8, 4) is 0 Å². The van der Waals surface area contributed by atoms with Gasteiger partial charge in [-0.05, 0) is 64.7 Å². The number of rotatable bonds is 2. The molecule has 4 heteroatoms. The van der Waals surface area contributed by atoms with Gasteiger partial charge in [0.15, 0.2) is 0 Å². The molecule has 0 fully saturated rings. The van der Waals surface area contributed by atoms with Crippen molar-refractivity contribution in [1.29, 1.82) is 0 Å². The highest BCUT2D eigenvalue weighted by atomic mass is 79.9. The van der Waals surface area contributed by atoms with Gasteiger partial charge in [-0.25, -0.2) is 0 Å². The van der Waals surface area contributed by atoms with Gasteiger partial charge >= 0.3 is 0 Å². The van der Waals surface area contributed by atoms with Crippen LogP contribution < -0.4 is 0 Å². The first kappa shape index (κ1) is 13.6. The van der Waals surface area contributed by atoms with E-state index in [9.17, 15) is 0 Å². The molecule has 0 aliphatic carbocycles. The van der Waals surface area contributed by atoms with Gasteiger partial charge in [0, 0.05) is 9.90 Å². The Balaban J connectivity index is 2.43. The maximum absolute atomic E-state index is 5.98. The molecule has 0 nitrogen and oxygen atoms in total. The molecule has 1 unspecified atom stereocenters. The lowest BCUT2D eigenvalue weighted by molar-refractivity contribution is 1.14. The van der Waals surface area contributed by atoms with Crippen molar-refractivity contribution in [2.45, 2.75) is 18.7 Å². The van der Waals surface area contributed by atoms with Gasteiger partial charge in [-0.15, -0.1) is 11.3 Å². The molecule has 1 heterocycles. The number of alkyl halides is 1. The predicted octanol–water partition coefficient (Wildman–Crippen LogP) is 6.27. The Kier molecular flexibility index (Phi) is 4.35. The van der Waals surface area contributed by atoms with E-state index >= 15 is 0 Å². The molecular formula is C13H11Br2ClS. The summed E-state index contributed by atoms with van der Waals surface area (Å²) < 4.78 is 1.17. The van der Waals surface area contributed by atoms with Gasteiger partial charge < -0.3 is 0 Å². The first-order valence-corrected chi connectivity index (χ1v) is 8.05. The summed E-state index contributed by atoms with van der Waals surface area (Å²) in [4.78, 5) is 1.55. The molecule has 0 amide bonds. The second kappa shape index (κ2) is 5.43. The topological polar surface area (TPSA) is 0 Å². The highest BCUT2D eigenvalue weighted by Crippen LogP contribution is 2.39. The third-order valence-electron chi connectivity index (χ3n) is 2.70. The number of halogens is 3. The lowest BCUT2D eigenvalue weighted by Crippen LogP contribution is -1.95. The minimum atomic E-state index is 0.224. The molecule has 2 aromatic rings. The first-order valence-electron chi connectivity index (χ1n) is 5.15. The highest BCUT2D eigenvalue weighted by molar-refractivity contribution is 9.11. The molecule has 0 radical (unpaired) electrons. The molecule has 1 atom stereocenters. The third kappa shape index (κ3) is 2.95. The Bertz CT molecular complexity index is 548. The monoisotopic (exact) mass is 392 g/mol. The number of benzene rings is 1. The summed E-state index contributed by atoms with van der Waals surface area (Å²) in [6.07, 6.45) is 0. The average molecular weight is 395 g/mol. The molecular weight excluding hydrogens is 383 g/mol. The van der Waals surface area contributed by atoms with Gasteiger partial charge in [-0.3, -0.25) is 0 Å². The molecule has 0 aliphatic heterocycles. The molecule has 0 bridgehead atoms. The number of aryl methyl sites for hydroxylation is 2. The molecule has 90 valence electrons. The van der Waals surface area contributed by atoms with E-state index in [4.69, 9.17) is 11.6 Å². The van der Waals surface area contributed by atoms with Crippen molar-refractivity contribution in [2.24, 2.45) is 0 Å². The molecule has 17 heavy (non-hydrogen) atoms. The van der Waals surface area contributed by atoms with Gasteiger partial charge in [-0.2, -0.15) is 0 Å². The second-order valence-corrected chi connectivity index (χ2v) is 7.91. The van der Waals surface area contributed by atoms with Crippen molar-refractivity contribution in [2.75, 3.05) is 0 Å². The molecule has 1 aromatic heterocycles. The van der Waals surface area contributed by atoms with Crippen LogP contribution >= 0.6 is 54.8 Å². The van der Waals surface area contributed by atoms with Crippen LogP contribution in [-0.2, 0) is 0 Å². The number of hydrogen-bond donors (Lipinski definition) is 0. The van der Waals surface area contributed by atoms with Crippen LogP contribution in [-0.4, -0.2) is 0 Å². The third-order valence-corrected chi connectivity index (χ3v) is 5.49. The predicted molar refractivity (Wildman–Crippen MR) is 83.7 cm³/mol. The Labute approximate surface area is 127 Å². The first-order chi connectivity index (χ1) is 7.99. The van der Waals surface area contributed by atoms with E-state index in [1.165, 1.54) is 25.4 Å². The van der Waals surface area contributed by atoms with Gasteiger partial charge in [0.1, 0.15) is 0 Å². The van der Waals surface area contributed by atoms with Crippen LogP contribution in [0.2, 0.25) is 5.02 Å². The van der Waals surface area contributed by atoms with E-state index in [0.717, 1.165) is 5.02 Å². The number of hydrogen-bond acceptors (Lipinski definition) is 1. The minimum absolute atomic E-state index is 0.224. The van der Waals surface area contributed by atoms with Crippen LogP contribution in [0.3, 0.4) is 0 Å². The number of thiophene rings is 1. The van der Waals surface area contributed by atoms with Crippen LogP contribution in [0.15, 0.2) is 28.1 Å². The summed E-state index contributed by atoms with van der Waals surface area (Å²) in [6.45, 7) is 4.23. The fourth-order valence-corrected chi connectivity index (χ4v) is 4.92. The fourth-order valence-electron chi connectivity index (χ4n) is 1.80. The maximum atomic E-state index is 5.98. The highest BCUT2D eigenvalue weighted by Gasteiger charge is 2.17. The van der Waals surface area contributed by atoms with Crippen LogP contribution in [0.25, 0.3) is 0 Å². The zero-order chi connectivity index (χ0) is 12.6. The van der Waals surface area contributed by atoms with E-state index in [0.29, 0.717) is 0 Å². The zero-order valence-corrected chi connectivity index (χ0v) is 14.2. The van der Waals surface area contributed by atoms with E-state index < -0.39 is 0 Å².